The first kappa shape index (κ1) is 32.6. The van der Waals surface area contributed by atoms with E-state index in [9.17, 15) is 18.0 Å². The highest BCUT2D eigenvalue weighted by atomic mass is 32.2. The monoisotopic (exact) mass is 642 g/mol. The van der Waals surface area contributed by atoms with Crippen molar-refractivity contribution in [1.82, 2.24) is 24.8 Å². The Morgan fingerprint density at radius 1 is 1.04 bits per heavy atom. The number of ether oxygens (including phenoxy) is 1. The summed E-state index contributed by atoms with van der Waals surface area (Å²) in [5.41, 5.74) is 4.47. The molecule has 12 heteroatoms. The van der Waals surface area contributed by atoms with Crippen LogP contribution in [0.1, 0.15) is 57.8 Å². The highest BCUT2D eigenvalue weighted by Crippen LogP contribution is 2.30. The molecule has 0 aliphatic carbocycles. The number of fused-ring (bicyclic) bond motifs is 4. The lowest BCUT2D eigenvalue weighted by Crippen LogP contribution is -2.44. The first-order valence-electron chi connectivity index (χ1n) is 15.0. The number of benzene rings is 2. The molecule has 4 aromatic rings. The number of nitrogens with one attached hydrogen (secondary N) is 1. The second kappa shape index (κ2) is 13.3. The van der Waals surface area contributed by atoms with Crippen LogP contribution in [-0.4, -0.2) is 71.7 Å². The number of rotatable bonds is 6. The number of pyridine rings is 1. The summed E-state index contributed by atoms with van der Waals surface area (Å²) in [4.78, 5) is 43.0. The molecule has 0 unspecified atom stereocenters. The molecule has 4 bridgehead atoms. The third-order valence-electron chi connectivity index (χ3n) is 7.73. The summed E-state index contributed by atoms with van der Waals surface area (Å²) in [6.45, 7) is 8.29. The molecule has 0 radical (unpaired) electrons. The molecule has 0 spiro atoms. The van der Waals surface area contributed by atoms with Gasteiger partial charge in [0, 0.05) is 44.0 Å². The summed E-state index contributed by atoms with van der Waals surface area (Å²) in [5.74, 6) is -0.370. The zero-order chi connectivity index (χ0) is 33.2. The Labute approximate surface area is 269 Å². The maximum absolute atomic E-state index is 14.2. The van der Waals surface area contributed by atoms with Crippen LogP contribution in [0.2, 0.25) is 0 Å². The van der Waals surface area contributed by atoms with Gasteiger partial charge in [0.1, 0.15) is 12.3 Å². The van der Waals surface area contributed by atoms with Gasteiger partial charge in [-0.25, -0.2) is 18.1 Å². The van der Waals surface area contributed by atoms with Crippen molar-refractivity contribution in [3.63, 3.8) is 0 Å². The zero-order valence-corrected chi connectivity index (χ0v) is 27.6. The van der Waals surface area contributed by atoms with Crippen LogP contribution < -0.4 is 9.46 Å². The fraction of sp³-hybridized carbons (Fsp3) is 0.324. The summed E-state index contributed by atoms with van der Waals surface area (Å²) in [7, 11) is -0.869. The molecule has 0 saturated heterocycles. The number of carbonyl (C=O) groups is 2. The lowest BCUT2D eigenvalue weighted by molar-refractivity contribution is 0.0552. The lowest BCUT2D eigenvalue weighted by atomic mass is 10.00. The quantitative estimate of drug-likeness (QED) is 0.307. The molecule has 240 valence electrons. The molecule has 46 heavy (non-hydrogen) atoms. The molecular formula is C34H38N6O5S. The van der Waals surface area contributed by atoms with Gasteiger partial charge in [-0.15, -0.1) is 0 Å². The van der Waals surface area contributed by atoms with Gasteiger partial charge in [0.05, 0.1) is 16.6 Å². The minimum absolute atomic E-state index is 0.0869. The standard InChI is InChI=1S/C34H38N6O5S/c1-21(2)15-26-20-45-30-17-29(31-22(3)9-7-10-23(31)4)36-34(37-30)38-46(43,44)27-12-8-11-25(16-27)32(41)40(26)19-24-13-14-28(35-18-24)33(42)39(5)6/h7-14,16-18,21,26H,15,19-20H2,1-6H3,(H,36,37,38)/t26-/m1/s1. The molecule has 5 rings (SSSR count). The average molecular weight is 643 g/mol. The molecule has 2 amide bonds. The summed E-state index contributed by atoms with van der Waals surface area (Å²) >= 11 is 0. The maximum atomic E-state index is 14.2. The largest absolute Gasteiger partial charge is 0.475 e. The van der Waals surface area contributed by atoms with Crippen molar-refractivity contribution >= 4 is 27.8 Å². The summed E-state index contributed by atoms with van der Waals surface area (Å²) in [6, 6.07) is 16.4. The number of amides is 2. The maximum Gasteiger partial charge on any atom is 0.271 e. The molecule has 1 N–H and O–H groups in total. The number of hydrogen-bond acceptors (Lipinski definition) is 8. The molecule has 1 atom stereocenters. The number of nitrogens with zero attached hydrogens (tertiary/aromatic N) is 5. The predicted octanol–water partition coefficient (Wildman–Crippen LogP) is 5.11. The van der Waals surface area contributed by atoms with E-state index in [2.05, 4.69) is 33.5 Å². The van der Waals surface area contributed by atoms with Crippen LogP contribution in [0, 0.1) is 19.8 Å². The van der Waals surface area contributed by atoms with Gasteiger partial charge in [-0.05, 0) is 67.1 Å². The number of aryl methyl sites for hydroxylation is 2. The third-order valence-corrected chi connectivity index (χ3v) is 9.05. The van der Waals surface area contributed by atoms with Crippen LogP contribution in [0.5, 0.6) is 5.88 Å². The molecular weight excluding hydrogens is 604 g/mol. The number of anilines is 1. The van der Waals surface area contributed by atoms with Gasteiger partial charge in [0.15, 0.2) is 0 Å². The average Bonchev–Trinajstić information content (AvgIpc) is 3.01. The molecule has 2 aromatic carbocycles. The van der Waals surface area contributed by atoms with Crippen molar-refractivity contribution in [1.29, 1.82) is 0 Å². The number of hydrogen-bond donors (Lipinski definition) is 1. The van der Waals surface area contributed by atoms with Crippen LogP contribution in [0.25, 0.3) is 11.3 Å². The van der Waals surface area contributed by atoms with Gasteiger partial charge in [-0.3, -0.25) is 14.6 Å². The van der Waals surface area contributed by atoms with E-state index in [0.29, 0.717) is 17.7 Å². The van der Waals surface area contributed by atoms with Crippen molar-refractivity contribution in [3.05, 3.63) is 94.8 Å². The van der Waals surface area contributed by atoms with E-state index < -0.39 is 16.1 Å². The van der Waals surface area contributed by atoms with Crippen molar-refractivity contribution in [2.45, 2.75) is 51.6 Å². The zero-order valence-electron chi connectivity index (χ0n) is 26.8. The first-order chi connectivity index (χ1) is 21.8. The van der Waals surface area contributed by atoms with Crippen LogP contribution in [0.15, 0.2) is 71.8 Å². The molecule has 2 aromatic heterocycles. The van der Waals surface area contributed by atoms with E-state index >= 15 is 0 Å². The van der Waals surface area contributed by atoms with E-state index in [4.69, 9.17) is 4.74 Å². The predicted molar refractivity (Wildman–Crippen MR) is 175 cm³/mol. The smallest absolute Gasteiger partial charge is 0.271 e. The van der Waals surface area contributed by atoms with Crippen molar-refractivity contribution in [2.75, 3.05) is 25.4 Å². The fourth-order valence-electron chi connectivity index (χ4n) is 5.48. The van der Waals surface area contributed by atoms with Crippen LogP contribution in [-0.2, 0) is 16.6 Å². The summed E-state index contributed by atoms with van der Waals surface area (Å²) < 4.78 is 35.9. The van der Waals surface area contributed by atoms with Crippen molar-refractivity contribution < 1.29 is 22.7 Å². The van der Waals surface area contributed by atoms with Gasteiger partial charge >= 0.3 is 0 Å². The Hall–Kier alpha value is -4.84. The summed E-state index contributed by atoms with van der Waals surface area (Å²) in [5, 5.41) is 0. The minimum Gasteiger partial charge on any atom is -0.475 e. The Bertz CT molecular complexity index is 1860. The topological polar surface area (TPSA) is 135 Å². The number of carbonyl (C=O) groups excluding carboxylic acids is 2. The molecule has 0 fully saturated rings. The van der Waals surface area contributed by atoms with E-state index in [1.807, 2.05) is 32.0 Å². The summed E-state index contributed by atoms with van der Waals surface area (Å²) in [6.07, 6.45) is 2.17. The molecule has 11 nitrogen and oxygen atoms in total. The third kappa shape index (κ3) is 7.17. The number of sulfonamides is 1. The Kier molecular flexibility index (Phi) is 9.38. The molecule has 3 heterocycles. The second-order valence-corrected chi connectivity index (χ2v) is 13.8. The molecule has 1 aliphatic rings. The number of aromatic nitrogens is 3. The Balaban J connectivity index is 1.62. The van der Waals surface area contributed by atoms with Crippen LogP contribution >= 0.6 is 0 Å². The van der Waals surface area contributed by atoms with Crippen molar-refractivity contribution in [2.24, 2.45) is 5.92 Å². The first-order valence-corrected chi connectivity index (χ1v) is 16.5. The second-order valence-electron chi connectivity index (χ2n) is 12.1. The van der Waals surface area contributed by atoms with Gasteiger partial charge in [-0.1, -0.05) is 44.2 Å². The van der Waals surface area contributed by atoms with Gasteiger partial charge < -0.3 is 14.5 Å². The van der Waals surface area contributed by atoms with Gasteiger partial charge in [0.2, 0.25) is 11.8 Å². The Morgan fingerprint density at radius 3 is 2.41 bits per heavy atom. The van der Waals surface area contributed by atoms with Gasteiger partial charge in [0.25, 0.3) is 21.8 Å². The van der Waals surface area contributed by atoms with Gasteiger partial charge in [-0.2, -0.15) is 4.98 Å². The van der Waals surface area contributed by atoms with E-state index in [-0.39, 0.29) is 58.9 Å². The SMILES string of the molecule is Cc1cccc(C)c1-c1cc2nc(n1)NS(=O)(=O)c1cccc(c1)C(=O)N(Cc1ccc(C(=O)N(C)C)nc1)[C@H](CC(C)C)CO2. The van der Waals surface area contributed by atoms with Crippen LogP contribution in [0.4, 0.5) is 5.95 Å². The highest BCUT2D eigenvalue weighted by Gasteiger charge is 2.29. The van der Waals surface area contributed by atoms with Crippen LogP contribution in [0.3, 0.4) is 0 Å². The molecule has 0 saturated carbocycles. The van der Waals surface area contributed by atoms with E-state index in [1.54, 1.807) is 49.5 Å². The highest BCUT2D eigenvalue weighted by molar-refractivity contribution is 7.92. The van der Waals surface area contributed by atoms with E-state index in [1.165, 1.54) is 23.1 Å². The lowest BCUT2D eigenvalue weighted by Gasteiger charge is -2.33. The van der Waals surface area contributed by atoms with Crippen molar-refractivity contribution in [3.8, 4) is 17.1 Å². The normalized spacial score (nSPS) is 16.0. The van der Waals surface area contributed by atoms with E-state index in [0.717, 1.165) is 16.7 Å². The fourth-order valence-corrected chi connectivity index (χ4v) is 6.47. The minimum atomic E-state index is -4.18. The Morgan fingerprint density at radius 2 is 1.76 bits per heavy atom. The molecule has 1 aliphatic heterocycles.